The number of aryl methyl sites for hydroxylation is 1. The maximum Gasteiger partial charge on any atom is 0.339 e. The molecule has 0 aromatic carbocycles. The highest BCUT2D eigenvalue weighted by Crippen LogP contribution is 2.10. The minimum atomic E-state index is -0.492. The van der Waals surface area contributed by atoms with Gasteiger partial charge in [-0.3, -0.25) is 14.8 Å². The SMILES string of the molecule is COC(=O)c1cncc(NC(=O)CCc2cccnc2)c1. The van der Waals surface area contributed by atoms with E-state index in [-0.39, 0.29) is 5.91 Å². The van der Waals surface area contributed by atoms with Gasteiger partial charge in [0.25, 0.3) is 0 Å². The van der Waals surface area contributed by atoms with Gasteiger partial charge in [-0.15, -0.1) is 0 Å². The van der Waals surface area contributed by atoms with E-state index in [9.17, 15) is 9.59 Å². The number of carbonyl (C=O) groups excluding carboxylic acids is 2. The molecule has 21 heavy (non-hydrogen) atoms. The number of hydrogen-bond acceptors (Lipinski definition) is 5. The molecular weight excluding hydrogens is 270 g/mol. The van der Waals surface area contributed by atoms with Gasteiger partial charge in [0.05, 0.1) is 24.6 Å². The number of methoxy groups -OCH3 is 1. The zero-order valence-corrected chi connectivity index (χ0v) is 11.6. The number of nitrogens with one attached hydrogen (secondary N) is 1. The van der Waals surface area contributed by atoms with Gasteiger partial charge in [-0.1, -0.05) is 6.07 Å². The van der Waals surface area contributed by atoms with Crippen molar-refractivity contribution in [3.8, 4) is 0 Å². The minimum absolute atomic E-state index is 0.150. The number of ether oxygens (including phenoxy) is 1. The Balaban J connectivity index is 1.92. The summed E-state index contributed by atoms with van der Waals surface area (Å²) in [5.74, 6) is -0.642. The van der Waals surface area contributed by atoms with Gasteiger partial charge in [-0.2, -0.15) is 0 Å². The third-order valence-corrected chi connectivity index (χ3v) is 2.81. The number of carbonyl (C=O) groups is 2. The molecule has 2 rings (SSSR count). The molecule has 1 N–H and O–H groups in total. The van der Waals surface area contributed by atoms with Crippen molar-refractivity contribution in [2.75, 3.05) is 12.4 Å². The van der Waals surface area contributed by atoms with Crippen molar-refractivity contribution in [3.63, 3.8) is 0 Å². The highest BCUT2D eigenvalue weighted by atomic mass is 16.5. The van der Waals surface area contributed by atoms with Gasteiger partial charge in [0, 0.05) is 25.0 Å². The van der Waals surface area contributed by atoms with Crippen LogP contribution in [0.3, 0.4) is 0 Å². The van der Waals surface area contributed by atoms with Gasteiger partial charge in [-0.05, 0) is 24.1 Å². The summed E-state index contributed by atoms with van der Waals surface area (Å²) in [6.07, 6.45) is 7.21. The van der Waals surface area contributed by atoms with Crippen LogP contribution in [-0.2, 0) is 16.0 Å². The first-order valence-electron chi connectivity index (χ1n) is 6.41. The third-order valence-electron chi connectivity index (χ3n) is 2.81. The molecule has 0 aliphatic rings. The Morgan fingerprint density at radius 2 is 2.10 bits per heavy atom. The standard InChI is InChI=1S/C15H15N3O3/c1-21-15(20)12-7-13(10-17-9-12)18-14(19)5-4-11-3-2-6-16-8-11/h2-3,6-10H,4-5H2,1H3,(H,18,19). The first-order valence-corrected chi connectivity index (χ1v) is 6.41. The Kier molecular flexibility index (Phi) is 4.98. The summed E-state index contributed by atoms with van der Waals surface area (Å²) in [5, 5.41) is 2.70. The number of aromatic nitrogens is 2. The van der Waals surface area contributed by atoms with Crippen LogP contribution >= 0.6 is 0 Å². The summed E-state index contributed by atoms with van der Waals surface area (Å²) in [7, 11) is 1.29. The van der Waals surface area contributed by atoms with E-state index in [1.54, 1.807) is 12.4 Å². The summed E-state index contributed by atoms with van der Waals surface area (Å²) >= 11 is 0. The van der Waals surface area contributed by atoms with Crippen LogP contribution in [0, 0.1) is 0 Å². The van der Waals surface area contributed by atoms with E-state index in [0.29, 0.717) is 24.1 Å². The van der Waals surface area contributed by atoms with E-state index in [1.807, 2.05) is 12.1 Å². The van der Waals surface area contributed by atoms with Gasteiger partial charge < -0.3 is 10.1 Å². The fourth-order valence-corrected chi connectivity index (χ4v) is 1.77. The number of pyridine rings is 2. The molecule has 2 aromatic heterocycles. The molecular formula is C15H15N3O3. The van der Waals surface area contributed by atoms with Crippen molar-refractivity contribution >= 4 is 17.6 Å². The Morgan fingerprint density at radius 1 is 1.24 bits per heavy atom. The Morgan fingerprint density at radius 3 is 2.81 bits per heavy atom. The molecule has 108 valence electrons. The molecule has 0 saturated heterocycles. The van der Waals surface area contributed by atoms with Crippen LogP contribution in [0.4, 0.5) is 5.69 Å². The maximum atomic E-state index is 11.9. The lowest BCUT2D eigenvalue weighted by atomic mass is 10.1. The maximum absolute atomic E-state index is 11.9. The molecule has 0 bridgehead atoms. The smallest absolute Gasteiger partial charge is 0.339 e. The monoisotopic (exact) mass is 285 g/mol. The zero-order valence-electron chi connectivity index (χ0n) is 11.6. The topological polar surface area (TPSA) is 81.2 Å². The third kappa shape index (κ3) is 4.38. The lowest BCUT2D eigenvalue weighted by molar-refractivity contribution is -0.116. The van der Waals surface area contributed by atoms with Gasteiger partial charge in [0.15, 0.2) is 0 Å². The van der Waals surface area contributed by atoms with Crippen molar-refractivity contribution < 1.29 is 14.3 Å². The van der Waals surface area contributed by atoms with Crippen LogP contribution in [0.15, 0.2) is 43.0 Å². The van der Waals surface area contributed by atoms with E-state index in [0.717, 1.165) is 5.56 Å². The quantitative estimate of drug-likeness (QED) is 0.848. The highest BCUT2D eigenvalue weighted by Gasteiger charge is 2.08. The first kappa shape index (κ1) is 14.6. The highest BCUT2D eigenvalue weighted by molar-refractivity contribution is 5.94. The largest absolute Gasteiger partial charge is 0.465 e. The minimum Gasteiger partial charge on any atom is -0.465 e. The van der Waals surface area contributed by atoms with E-state index in [2.05, 4.69) is 20.0 Å². The predicted octanol–water partition coefficient (Wildman–Crippen LogP) is 1.83. The van der Waals surface area contributed by atoms with Crippen LogP contribution in [-0.4, -0.2) is 29.0 Å². The molecule has 6 nitrogen and oxygen atoms in total. The molecule has 2 aromatic rings. The predicted molar refractivity (Wildman–Crippen MR) is 76.8 cm³/mol. The summed E-state index contributed by atoms with van der Waals surface area (Å²) in [6, 6.07) is 5.28. The first-order chi connectivity index (χ1) is 10.2. The summed E-state index contributed by atoms with van der Waals surface area (Å²) < 4.78 is 4.60. The van der Waals surface area contributed by atoms with Crippen molar-refractivity contribution in [3.05, 3.63) is 54.1 Å². The van der Waals surface area contributed by atoms with Crippen LogP contribution < -0.4 is 5.32 Å². The van der Waals surface area contributed by atoms with Crippen molar-refractivity contribution in [2.24, 2.45) is 0 Å². The number of anilines is 1. The van der Waals surface area contributed by atoms with Crippen LogP contribution in [0.5, 0.6) is 0 Å². The average molecular weight is 285 g/mol. The summed E-state index contributed by atoms with van der Waals surface area (Å²) in [4.78, 5) is 31.1. The van der Waals surface area contributed by atoms with E-state index in [1.165, 1.54) is 25.6 Å². The van der Waals surface area contributed by atoms with Crippen molar-refractivity contribution in [2.45, 2.75) is 12.8 Å². The van der Waals surface area contributed by atoms with E-state index < -0.39 is 5.97 Å². The summed E-state index contributed by atoms with van der Waals surface area (Å²) in [5.41, 5.74) is 1.76. The number of amides is 1. The molecule has 0 saturated carbocycles. The second-order valence-electron chi connectivity index (χ2n) is 4.36. The fraction of sp³-hybridized carbons (Fsp3) is 0.200. The Labute approximate surface area is 122 Å². The molecule has 0 aliphatic carbocycles. The van der Waals surface area contributed by atoms with Crippen LogP contribution in [0.1, 0.15) is 22.3 Å². The van der Waals surface area contributed by atoms with Crippen LogP contribution in [0.2, 0.25) is 0 Å². The van der Waals surface area contributed by atoms with Crippen molar-refractivity contribution in [1.29, 1.82) is 0 Å². The molecule has 1 amide bonds. The van der Waals surface area contributed by atoms with Crippen molar-refractivity contribution in [1.82, 2.24) is 9.97 Å². The van der Waals surface area contributed by atoms with Gasteiger partial charge >= 0.3 is 5.97 Å². The fourth-order valence-electron chi connectivity index (χ4n) is 1.77. The lowest BCUT2D eigenvalue weighted by Crippen LogP contribution is -2.13. The molecule has 0 aliphatic heterocycles. The molecule has 0 atom stereocenters. The Hall–Kier alpha value is -2.76. The number of rotatable bonds is 5. The normalized spacial score (nSPS) is 9.95. The number of hydrogen-bond donors (Lipinski definition) is 1. The molecule has 0 unspecified atom stereocenters. The van der Waals surface area contributed by atoms with E-state index in [4.69, 9.17) is 0 Å². The molecule has 6 heteroatoms. The average Bonchev–Trinajstić information content (AvgIpc) is 2.53. The molecule has 0 spiro atoms. The molecule has 0 fully saturated rings. The molecule has 0 radical (unpaired) electrons. The van der Waals surface area contributed by atoms with Gasteiger partial charge in [-0.25, -0.2) is 4.79 Å². The Bertz CT molecular complexity index is 629. The number of esters is 1. The lowest BCUT2D eigenvalue weighted by Gasteiger charge is -2.06. The second kappa shape index (κ2) is 7.14. The van der Waals surface area contributed by atoms with Gasteiger partial charge in [0.1, 0.15) is 0 Å². The van der Waals surface area contributed by atoms with E-state index >= 15 is 0 Å². The summed E-state index contributed by atoms with van der Waals surface area (Å²) in [6.45, 7) is 0. The van der Waals surface area contributed by atoms with Crippen LogP contribution in [0.25, 0.3) is 0 Å². The zero-order chi connectivity index (χ0) is 15.1. The van der Waals surface area contributed by atoms with Gasteiger partial charge in [0.2, 0.25) is 5.91 Å². The number of nitrogens with zero attached hydrogens (tertiary/aromatic N) is 2. The molecule has 2 heterocycles. The second-order valence-corrected chi connectivity index (χ2v) is 4.36.